The van der Waals surface area contributed by atoms with Crippen molar-refractivity contribution in [3.05, 3.63) is 35.9 Å². The molecule has 0 unspecified atom stereocenters. The Bertz CT molecular complexity index is 604. The van der Waals surface area contributed by atoms with Crippen molar-refractivity contribution < 1.29 is 9.90 Å². The summed E-state index contributed by atoms with van der Waals surface area (Å²) >= 11 is 0. The lowest BCUT2D eigenvalue weighted by Gasteiger charge is -2.24. The number of aromatic carboxylic acids is 1. The van der Waals surface area contributed by atoms with E-state index in [2.05, 4.69) is 23.7 Å². The van der Waals surface area contributed by atoms with Crippen LogP contribution in [0.2, 0.25) is 0 Å². The second-order valence-corrected chi connectivity index (χ2v) is 4.84. The van der Waals surface area contributed by atoms with Crippen LogP contribution in [0.4, 0.5) is 5.82 Å². The molecule has 0 fully saturated rings. The van der Waals surface area contributed by atoms with Gasteiger partial charge in [0.15, 0.2) is 0 Å². The lowest BCUT2D eigenvalue weighted by Crippen LogP contribution is -2.28. The van der Waals surface area contributed by atoms with Crippen LogP contribution in [0.25, 0.3) is 10.9 Å². The van der Waals surface area contributed by atoms with Gasteiger partial charge in [0, 0.05) is 18.5 Å². The van der Waals surface area contributed by atoms with Crippen molar-refractivity contribution in [2.24, 2.45) is 0 Å². The minimum atomic E-state index is -0.921. The third kappa shape index (κ3) is 2.90. The monoisotopic (exact) mass is 272 g/mol. The number of anilines is 1. The zero-order valence-corrected chi connectivity index (χ0v) is 12.0. The first-order valence-corrected chi connectivity index (χ1v) is 7.05. The number of carboxylic acids is 1. The standard InChI is InChI=1S/C16H20N2O2/c1-3-9-18(10-4-2)15-13(16(19)20)11-12-7-5-6-8-14(12)17-15/h5-8,11H,3-4,9-10H2,1-2H3,(H,19,20). The number of fused-ring (bicyclic) bond motifs is 1. The SMILES string of the molecule is CCCN(CCC)c1nc2ccccc2cc1C(=O)O. The Morgan fingerprint density at radius 3 is 2.45 bits per heavy atom. The molecule has 106 valence electrons. The van der Waals surface area contributed by atoms with E-state index in [0.29, 0.717) is 5.82 Å². The molecule has 0 atom stereocenters. The topological polar surface area (TPSA) is 53.4 Å². The number of para-hydroxylation sites is 1. The van der Waals surface area contributed by atoms with Crippen molar-refractivity contribution in [2.75, 3.05) is 18.0 Å². The minimum Gasteiger partial charge on any atom is -0.478 e. The number of pyridine rings is 1. The third-order valence-electron chi connectivity index (χ3n) is 3.22. The summed E-state index contributed by atoms with van der Waals surface area (Å²) < 4.78 is 0. The molecular formula is C16H20N2O2. The fourth-order valence-electron chi connectivity index (χ4n) is 2.37. The van der Waals surface area contributed by atoms with Crippen molar-refractivity contribution in [1.82, 2.24) is 4.98 Å². The summed E-state index contributed by atoms with van der Waals surface area (Å²) in [5, 5.41) is 10.3. The molecule has 0 saturated carbocycles. The number of aromatic nitrogens is 1. The highest BCUT2D eigenvalue weighted by Crippen LogP contribution is 2.24. The van der Waals surface area contributed by atoms with Crippen molar-refractivity contribution >= 4 is 22.7 Å². The van der Waals surface area contributed by atoms with Crippen LogP contribution in [0.1, 0.15) is 37.0 Å². The zero-order chi connectivity index (χ0) is 14.5. The van der Waals surface area contributed by atoms with Crippen molar-refractivity contribution in [2.45, 2.75) is 26.7 Å². The number of hydrogen-bond acceptors (Lipinski definition) is 3. The molecule has 4 heteroatoms. The Morgan fingerprint density at radius 2 is 1.85 bits per heavy atom. The molecule has 0 aliphatic heterocycles. The maximum absolute atomic E-state index is 11.5. The van der Waals surface area contributed by atoms with Gasteiger partial charge < -0.3 is 10.0 Å². The van der Waals surface area contributed by atoms with Crippen molar-refractivity contribution in [3.8, 4) is 0 Å². The van der Waals surface area contributed by atoms with Crippen molar-refractivity contribution in [1.29, 1.82) is 0 Å². The van der Waals surface area contributed by atoms with Gasteiger partial charge in [0.25, 0.3) is 0 Å². The number of benzene rings is 1. The molecule has 0 radical (unpaired) electrons. The summed E-state index contributed by atoms with van der Waals surface area (Å²) in [5.41, 5.74) is 1.12. The van der Waals surface area contributed by atoms with E-state index in [0.717, 1.165) is 36.8 Å². The Hall–Kier alpha value is -2.10. The summed E-state index contributed by atoms with van der Waals surface area (Å²) in [7, 11) is 0. The van der Waals surface area contributed by atoms with Crippen molar-refractivity contribution in [3.63, 3.8) is 0 Å². The van der Waals surface area contributed by atoms with Gasteiger partial charge in [0.1, 0.15) is 11.4 Å². The first-order valence-electron chi connectivity index (χ1n) is 7.05. The summed E-state index contributed by atoms with van der Waals surface area (Å²) in [6.45, 7) is 5.81. The van der Waals surface area contributed by atoms with Crippen LogP contribution in [-0.2, 0) is 0 Å². The predicted octanol–water partition coefficient (Wildman–Crippen LogP) is 3.56. The first kappa shape index (κ1) is 14.3. The number of hydrogen-bond donors (Lipinski definition) is 1. The summed E-state index contributed by atoms with van der Waals surface area (Å²) in [4.78, 5) is 18.2. The second-order valence-electron chi connectivity index (χ2n) is 4.84. The van der Waals surface area contributed by atoms with Crippen LogP contribution < -0.4 is 4.90 Å². The van der Waals surface area contributed by atoms with E-state index >= 15 is 0 Å². The van der Waals surface area contributed by atoms with E-state index in [4.69, 9.17) is 0 Å². The quantitative estimate of drug-likeness (QED) is 0.873. The molecule has 0 aliphatic rings. The van der Waals surface area contributed by atoms with Crippen LogP contribution in [0, 0.1) is 0 Å². The molecule has 0 spiro atoms. The van der Waals surface area contributed by atoms with E-state index in [9.17, 15) is 9.90 Å². The average Bonchev–Trinajstić information content (AvgIpc) is 2.45. The Morgan fingerprint density at radius 1 is 1.20 bits per heavy atom. The highest BCUT2D eigenvalue weighted by molar-refractivity contribution is 5.98. The van der Waals surface area contributed by atoms with Gasteiger partial charge in [0.05, 0.1) is 5.52 Å². The van der Waals surface area contributed by atoms with E-state index in [1.165, 1.54) is 0 Å². The molecular weight excluding hydrogens is 252 g/mol. The van der Waals surface area contributed by atoms with E-state index in [1.807, 2.05) is 24.3 Å². The summed E-state index contributed by atoms with van der Waals surface area (Å²) in [6, 6.07) is 9.34. The minimum absolute atomic E-state index is 0.283. The van der Waals surface area contributed by atoms with E-state index in [-0.39, 0.29) is 5.56 Å². The molecule has 20 heavy (non-hydrogen) atoms. The molecule has 4 nitrogen and oxygen atoms in total. The van der Waals surface area contributed by atoms with Gasteiger partial charge in [0.2, 0.25) is 0 Å². The second kappa shape index (κ2) is 6.37. The van der Waals surface area contributed by atoms with Gasteiger partial charge in [-0.05, 0) is 25.0 Å². The molecule has 0 saturated heterocycles. The molecule has 1 N–H and O–H groups in total. The Balaban J connectivity index is 2.58. The molecule has 1 heterocycles. The molecule has 0 bridgehead atoms. The molecule has 0 aliphatic carbocycles. The number of carbonyl (C=O) groups is 1. The van der Waals surface area contributed by atoms with Crippen LogP contribution >= 0.6 is 0 Å². The fourth-order valence-corrected chi connectivity index (χ4v) is 2.37. The van der Waals surface area contributed by atoms with Gasteiger partial charge >= 0.3 is 5.97 Å². The predicted molar refractivity (Wildman–Crippen MR) is 81.5 cm³/mol. The van der Waals surface area contributed by atoms with Gasteiger partial charge in [-0.15, -0.1) is 0 Å². The normalized spacial score (nSPS) is 10.7. The highest BCUT2D eigenvalue weighted by Gasteiger charge is 2.18. The zero-order valence-electron chi connectivity index (χ0n) is 12.0. The van der Waals surface area contributed by atoms with Crippen LogP contribution in [0.15, 0.2) is 30.3 Å². The fraction of sp³-hybridized carbons (Fsp3) is 0.375. The molecule has 1 aromatic heterocycles. The molecule has 1 aromatic carbocycles. The lowest BCUT2D eigenvalue weighted by molar-refractivity contribution is 0.0697. The van der Waals surface area contributed by atoms with Crippen LogP contribution in [0.5, 0.6) is 0 Å². The lowest BCUT2D eigenvalue weighted by atomic mass is 10.1. The molecule has 2 rings (SSSR count). The Labute approximate surface area is 119 Å². The summed E-state index contributed by atoms with van der Waals surface area (Å²) in [6.07, 6.45) is 1.93. The maximum atomic E-state index is 11.5. The van der Waals surface area contributed by atoms with E-state index in [1.54, 1.807) is 6.07 Å². The smallest absolute Gasteiger partial charge is 0.339 e. The average molecular weight is 272 g/mol. The number of nitrogens with zero attached hydrogens (tertiary/aromatic N) is 2. The van der Waals surface area contributed by atoms with Gasteiger partial charge in [-0.25, -0.2) is 9.78 Å². The van der Waals surface area contributed by atoms with Gasteiger partial charge in [-0.1, -0.05) is 32.0 Å². The number of carboxylic acid groups (broad SMARTS) is 1. The highest BCUT2D eigenvalue weighted by atomic mass is 16.4. The molecule has 2 aromatic rings. The van der Waals surface area contributed by atoms with E-state index < -0.39 is 5.97 Å². The maximum Gasteiger partial charge on any atom is 0.339 e. The third-order valence-corrected chi connectivity index (χ3v) is 3.22. The number of rotatable bonds is 6. The Kier molecular flexibility index (Phi) is 4.56. The summed E-state index contributed by atoms with van der Waals surface area (Å²) in [5.74, 6) is -0.338. The van der Waals surface area contributed by atoms with Gasteiger partial charge in [-0.2, -0.15) is 0 Å². The van der Waals surface area contributed by atoms with Gasteiger partial charge in [-0.3, -0.25) is 0 Å². The first-order chi connectivity index (χ1) is 9.67. The van der Waals surface area contributed by atoms with Crippen LogP contribution in [0.3, 0.4) is 0 Å². The largest absolute Gasteiger partial charge is 0.478 e. The van der Waals surface area contributed by atoms with Crippen LogP contribution in [-0.4, -0.2) is 29.1 Å². The molecule has 0 amide bonds.